The minimum atomic E-state index is -1.06. The summed E-state index contributed by atoms with van der Waals surface area (Å²) in [5, 5.41) is 11.9. The SMILES string of the molecule is COc1ccc(C(CC(=O)O)NC(=O)c2cnc(C)cn2)c(OC)c1. The summed E-state index contributed by atoms with van der Waals surface area (Å²) in [6, 6.07) is 4.16. The molecule has 0 radical (unpaired) electrons. The summed E-state index contributed by atoms with van der Waals surface area (Å²) < 4.78 is 10.4. The molecule has 0 fully saturated rings. The van der Waals surface area contributed by atoms with E-state index >= 15 is 0 Å². The van der Waals surface area contributed by atoms with Crippen LogP contribution >= 0.6 is 0 Å². The molecule has 0 aliphatic heterocycles. The molecule has 2 rings (SSSR count). The van der Waals surface area contributed by atoms with Gasteiger partial charge in [-0.15, -0.1) is 0 Å². The van der Waals surface area contributed by atoms with Gasteiger partial charge < -0.3 is 19.9 Å². The van der Waals surface area contributed by atoms with Crippen LogP contribution in [-0.2, 0) is 4.79 Å². The zero-order valence-corrected chi connectivity index (χ0v) is 14.1. The van der Waals surface area contributed by atoms with Crippen LogP contribution in [-0.4, -0.2) is 41.2 Å². The summed E-state index contributed by atoms with van der Waals surface area (Å²) in [6.45, 7) is 1.75. The van der Waals surface area contributed by atoms with Crippen molar-refractivity contribution in [2.45, 2.75) is 19.4 Å². The van der Waals surface area contributed by atoms with Gasteiger partial charge in [-0.25, -0.2) is 4.98 Å². The van der Waals surface area contributed by atoms with Crippen LogP contribution < -0.4 is 14.8 Å². The smallest absolute Gasteiger partial charge is 0.305 e. The Bertz CT molecular complexity index is 761. The summed E-state index contributed by atoms with van der Waals surface area (Å²) in [5.41, 5.74) is 1.31. The van der Waals surface area contributed by atoms with E-state index < -0.39 is 17.9 Å². The van der Waals surface area contributed by atoms with E-state index in [1.807, 2.05) is 0 Å². The number of carbonyl (C=O) groups excluding carboxylic acids is 1. The molecule has 1 aromatic heterocycles. The van der Waals surface area contributed by atoms with E-state index in [0.717, 1.165) is 0 Å². The standard InChI is InChI=1S/C17H19N3O5/c1-10-8-19-14(9-18-10)17(23)20-13(7-16(21)22)12-5-4-11(24-2)6-15(12)25-3/h4-6,8-9,13H,7H2,1-3H3,(H,20,23)(H,21,22). The van der Waals surface area contributed by atoms with Gasteiger partial charge in [0, 0.05) is 17.8 Å². The lowest BCUT2D eigenvalue weighted by Gasteiger charge is -2.20. The zero-order valence-electron chi connectivity index (χ0n) is 14.1. The zero-order chi connectivity index (χ0) is 18.4. The number of aliphatic carboxylic acids is 1. The van der Waals surface area contributed by atoms with Crippen LogP contribution in [0.25, 0.3) is 0 Å². The van der Waals surface area contributed by atoms with Crippen LogP contribution in [0.5, 0.6) is 11.5 Å². The molecule has 1 aromatic carbocycles. The van der Waals surface area contributed by atoms with Gasteiger partial charge in [-0.2, -0.15) is 0 Å². The Balaban J connectivity index is 2.31. The highest BCUT2D eigenvalue weighted by atomic mass is 16.5. The minimum absolute atomic E-state index is 0.105. The Kier molecular flexibility index (Phi) is 5.89. The van der Waals surface area contributed by atoms with Crippen molar-refractivity contribution < 1.29 is 24.2 Å². The number of amides is 1. The Morgan fingerprint density at radius 3 is 2.52 bits per heavy atom. The molecule has 1 atom stereocenters. The Morgan fingerprint density at radius 2 is 1.96 bits per heavy atom. The number of aromatic nitrogens is 2. The van der Waals surface area contributed by atoms with E-state index in [9.17, 15) is 14.7 Å². The van der Waals surface area contributed by atoms with Crippen molar-refractivity contribution in [1.82, 2.24) is 15.3 Å². The first-order chi connectivity index (χ1) is 11.9. The fourth-order valence-electron chi connectivity index (χ4n) is 2.26. The van der Waals surface area contributed by atoms with Crippen molar-refractivity contribution >= 4 is 11.9 Å². The second-order valence-corrected chi connectivity index (χ2v) is 5.27. The summed E-state index contributed by atoms with van der Waals surface area (Å²) in [5.74, 6) is -0.596. The van der Waals surface area contributed by atoms with Crippen LogP contribution in [0.15, 0.2) is 30.6 Å². The molecular weight excluding hydrogens is 326 g/mol. The van der Waals surface area contributed by atoms with Crippen LogP contribution in [0.1, 0.15) is 34.2 Å². The van der Waals surface area contributed by atoms with Gasteiger partial charge in [0.1, 0.15) is 17.2 Å². The molecular formula is C17H19N3O5. The number of hydrogen-bond acceptors (Lipinski definition) is 6. The molecule has 1 unspecified atom stereocenters. The van der Waals surface area contributed by atoms with Crippen LogP contribution in [0.3, 0.4) is 0 Å². The van der Waals surface area contributed by atoms with Gasteiger partial charge in [0.05, 0.1) is 38.6 Å². The van der Waals surface area contributed by atoms with Crippen molar-refractivity contribution in [3.8, 4) is 11.5 Å². The first-order valence-corrected chi connectivity index (χ1v) is 7.47. The number of methoxy groups -OCH3 is 2. The number of aryl methyl sites for hydroxylation is 1. The highest BCUT2D eigenvalue weighted by molar-refractivity contribution is 5.92. The van der Waals surface area contributed by atoms with Gasteiger partial charge in [0.2, 0.25) is 0 Å². The van der Waals surface area contributed by atoms with Crippen molar-refractivity contribution in [3.63, 3.8) is 0 Å². The van der Waals surface area contributed by atoms with Crippen molar-refractivity contribution in [2.24, 2.45) is 0 Å². The minimum Gasteiger partial charge on any atom is -0.497 e. The maximum absolute atomic E-state index is 12.4. The Labute approximate surface area is 144 Å². The summed E-state index contributed by atoms with van der Waals surface area (Å²) >= 11 is 0. The maximum atomic E-state index is 12.4. The molecule has 1 heterocycles. The number of carboxylic acids is 1. The summed E-state index contributed by atoms with van der Waals surface area (Å²) in [4.78, 5) is 31.6. The van der Waals surface area contributed by atoms with E-state index in [0.29, 0.717) is 22.8 Å². The number of carbonyl (C=O) groups is 2. The molecule has 0 saturated heterocycles. The Morgan fingerprint density at radius 1 is 1.20 bits per heavy atom. The third kappa shape index (κ3) is 4.66. The number of ether oxygens (including phenoxy) is 2. The Hall–Kier alpha value is -3.16. The van der Waals surface area contributed by atoms with Gasteiger partial charge in [0.25, 0.3) is 5.91 Å². The lowest BCUT2D eigenvalue weighted by molar-refractivity contribution is -0.137. The van der Waals surface area contributed by atoms with Gasteiger partial charge in [0.15, 0.2) is 0 Å². The monoisotopic (exact) mass is 345 g/mol. The molecule has 0 aliphatic carbocycles. The normalized spacial score (nSPS) is 11.5. The lowest BCUT2D eigenvalue weighted by atomic mass is 10.0. The number of carboxylic acid groups (broad SMARTS) is 1. The summed E-state index contributed by atoms with van der Waals surface area (Å²) in [7, 11) is 2.98. The molecule has 8 nitrogen and oxygen atoms in total. The van der Waals surface area contributed by atoms with Crippen LogP contribution in [0.4, 0.5) is 0 Å². The van der Waals surface area contributed by atoms with Crippen LogP contribution in [0.2, 0.25) is 0 Å². The van der Waals surface area contributed by atoms with Crippen molar-refractivity contribution in [2.75, 3.05) is 14.2 Å². The molecule has 1 amide bonds. The molecule has 0 spiro atoms. The van der Waals surface area contributed by atoms with Gasteiger partial charge in [-0.05, 0) is 19.1 Å². The van der Waals surface area contributed by atoms with E-state index in [4.69, 9.17) is 9.47 Å². The van der Waals surface area contributed by atoms with Gasteiger partial charge in [-0.3, -0.25) is 14.6 Å². The highest BCUT2D eigenvalue weighted by Crippen LogP contribution is 2.31. The molecule has 0 bridgehead atoms. The average Bonchev–Trinajstić information content (AvgIpc) is 2.60. The number of hydrogen-bond donors (Lipinski definition) is 2. The molecule has 8 heteroatoms. The molecule has 2 N–H and O–H groups in total. The lowest BCUT2D eigenvalue weighted by Crippen LogP contribution is -2.31. The summed E-state index contributed by atoms with van der Waals surface area (Å²) in [6.07, 6.45) is 2.50. The third-order valence-corrected chi connectivity index (χ3v) is 3.51. The molecule has 132 valence electrons. The predicted molar refractivity (Wildman–Crippen MR) is 88.8 cm³/mol. The van der Waals surface area contributed by atoms with Crippen LogP contribution in [0, 0.1) is 6.92 Å². The average molecular weight is 345 g/mol. The first kappa shape index (κ1) is 18.2. The number of benzene rings is 1. The largest absolute Gasteiger partial charge is 0.497 e. The fourth-order valence-corrected chi connectivity index (χ4v) is 2.26. The van der Waals surface area contributed by atoms with Crippen molar-refractivity contribution in [3.05, 3.63) is 47.5 Å². The highest BCUT2D eigenvalue weighted by Gasteiger charge is 2.23. The third-order valence-electron chi connectivity index (χ3n) is 3.51. The molecule has 2 aromatic rings. The molecule has 0 aliphatic rings. The quantitative estimate of drug-likeness (QED) is 0.786. The van der Waals surface area contributed by atoms with Gasteiger partial charge in [-0.1, -0.05) is 0 Å². The number of rotatable bonds is 7. The second kappa shape index (κ2) is 8.09. The molecule has 0 saturated carbocycles. The number of nitrogens with one attached hydrogen (secondary N) is 1. The van der Waals surface area contributed by atoms with E-state index in [1.165, 1.54) is 26.6 Å². The van der Waals surface area contributed by atoms with E-state index in [1.54, 1.807) is 25.1 Å². The second-order valence-electron chi connectivity index (χ2n) is 5.27. The predicted octanol–water partition coefficient (Wildman–Crippen LogP) is 1.75. The molecule has 25 heavy (non-hydrogen) atoms. The van der Waals surface area contributed by atoms with Gasteiger partial charge >= 0.3 is 5.97 Å². The van der Waals surface area contributed by atoms with E-state index in [-0.39, 0.29) is 12.1 Å². The van der Waals surface area contributed by atoms with E-state index in [2.05, 4.69) is 15.3 Å². The first-order valence-electron chi connectivity index (χ1n) is 7.47. The van der Waals surface area contributed by atoms with Crippen molar-refractivity contribution in [1.29, 1.82) is 0 Å². The fraction of sp³-hybridized carbons (Fsp3) is 0.294. The number of nitrogens with zero attached hydrogens (tertiary/aromatic N) is 2. The maximum Gasteiger partial charge on any atom is 0.305 e. The topological polar surface area (TPSA) is 111 Å².